The standard InChI is InChI=1S/C15H26O3/c1-14-4-3-12(6-13(14)18)15(14)5-2-10(7-15)11(8-16)9-17/h10-13,16-18H,2-9H2,1H3/t10?,12?,13-,14?,15?/m1/s1. The Balaban J connectivity index is 1.83. The smallest absolute Gasteiger partial charge is 0.0602 e. The van der Waals surface area contributed by atoms with Gasteiger partial charge in [-0.15, -0.1) is 0 Å². The minimum atomic E-state index is -0.128. The van der Waals surface area contributed by atoms with E-state index in [1.165, 1.54) is 12.8 Å². The predicted octanol–water partition coefficient (Wildman–Crippen LogP) is 1.55. The van der Waals surface area contributed by atoms with E-state index in [2.05, 4.69) is 6.92 Å². The molecule has 3 aliphatic rings. The maximum absolute atomic E-state index is 10.3. The summed E-state index contributed by atoms with van der Waals surface area (Å²) in [6, 6.07) is 0. The highest BCUT2D eigenvalue weighted by molar-refractivity contribution is 5.16. The molecule has 104 valence electrons. The van der Waals surface area contributed by atoms with Gasteiger partial charge in [-0.05, 0) is 61.2 Å². The summed E-state index contributed by atoms with van der Waals surface area (Å²) in [5.74, 6) is 1.18. The Kier molecular flexibility index (Phi) is 3.00. The van der Waals surface area contributed by atoms with Crippen LogP contribution in [0.5, 0.6) is 0 Å². The zero-order valence-electron chi connectivity index (χ0n) is 11.3. The Labute approximate surface area is 109 Å². The van der Waals surface area contributed by atoms with Gasteiger partial charge in [-0.25, -0.2) is 0 Å². The van der Waals surface area contributed by atoms with Gasteiger partial charge in [0.2, 0.25) is 0 Å². The van der Waals surface area contributed by atoms with Crippen molar-refractivity contribution in [3.63, 3.8) is 0 Å². The average Bonchev–Trinajstić information content (AvgIpc) is 2.96. The van der Waals surface area contributed by atoms with E-state index in [4.69, 9.17) is 0 Å². The molecule has 3 aliphatic carbocycles. The van der Waals surface area contributed by atoms with Crippen LogP contribution in [-0.2, 0) is 0 Å². The molecule has 0 saturated heterocycles. The van der Waals surface area contributed by atoms with E-state index in [0.29, 0.717) is 17.3 Å². The maximum Gasteiger partial charge on any atom is 0.0602 e. The summed E-state index contributed by atoms with van der Waals surface area (Å²) in [5, 5.41) is 29.1. The monoisotopic (exact) mass is 254 g/mol. The van der Waals surface area contributed by atoms with Gasteiger partial charge in [-0.1, -0.05) is 6.92 Å². The fourth-order valence-corrected chi connectivity index (χ4v) is 5.60. The first kappa shape index (κ1) is 12.9. The summed E-state index contributed by atoms with van der Waals surface area (Å²) in [7, 11) is 0. The van der Waals surface area contributed by atoms with Crippen LogP contribution in [0.25, 0.3) is 0 Å². The number of aliphatic hydroxyl groups excluding tert-OH is 3. The third-order valence-corrected chi connectivity index (χ3v) is 6.90. The van der Waals surface area contributed by atoms with Crippen LogP contribution in [0, 0.1) is 28.6 Å². The fourth-order valence-electron chi connectivity index (χ4n) is 5.60. The largest absolute Gasteiger partial charge is 0.396 e. The van der Waals surface area contributed by atoms with Crippen molar-refractivity contribution in [2.45, 2.75) is 51.6 Å². The zero-order chi connectivity index (χ0) is 13.0. The summed E-state index contributed by atoms with van der Waals surface area (Å²) in [5.41, 5.74) is 0.404. The van der Waals surface area contributed by atoms with Crippen molar-refractivity contribution in [3.8, 4) is 0 Å². The predicted molar refractivity (Wildman–Crippen MR) is 68.9 cm³/mol. The Bertz CT molecular complexity index is 328. The molecule has 2 bridgehead atoms. The highest BCUT2D eigenvalue weighted by atomic mass is 16.3. The minimum absolute atomic E-state index is 0.0464. The summed E-state index contributed by atoms with van der Waals surface area (Å²) >= 11 is 0. The van der Waals surface area contributed by atoms with E-state index in [1.54, 1.807) is 0 Å². The molecule has 0 aromatic heterocycles. The Morgan fingerprint density at radius 2 is 1.89 bits per heavy atom. The number of hydrogen-bond acceptors (Lipinski definition) is 3. The summed E-state index contributed by atoms with van der Waals surface area (Å²) in [6.45, 7) is 2.47. The molecule has 3 saturated carbocycles. The van der Waals surface area contributed by atoms with Crippen molar-refractivity contribution >= 4 is 0 Å². The molecule has 0 aromatic rings. The Morgan fingerprint density at radius 1 is 1.17 bits per heavy atom. The molecule has 0 heterocycles. The third kappa shape index (κ3) is 1.41. The van der Waals surface area contributed by atoms with Crippen molar-refractivity contribution in [3.05, 3.63) is 0 Å². The molecule has 0 aromatic carbocycles. The van der Waals surface area contributed by atoms with Gasteiger partial charge in [0.05, 0.1) is 6.10 Å². The second-order valence-corrected chi connectivity index (χ2v) is 7.19. The van der Waals surface area contributed by atoms with Gasteiger partial charge >= 0.3 is 0 Å². The van der Waals surface area contributed by atoms with Crippen LogP contribution in [-0.4, -0.2) is 34.6 Å². The van der Waals surface area contributed by atoms with Crippen LogP contribution >= 0.6 is 0 Å². The van der Waals surface area contributed by atoms with Gasteiger partial charge in [0.15, 0.2) is 0 Å². The lowest BCUT2D eigenvalue weighted by Crippen LogP contribution is -2.38. The first-order valence-corrected chi connectivity index (χ1v) is 7.47. The van der Waals surface area contributed by atoms with Gasteiger partial charge in [-0.3, -0.25) is 0 Å². The van der Waals surface area contributed by atoms with E-state index in [9.17, 15) is 15.3 Å². The summed E-state index contributed by atoms with van der Waals surface area (Å²) in [4.78, 5) is 0. The molecule has 0 amide bonds. The number of hydrogen-bond donors (Lipinski definition) is 3. The molecular formula is C15H26O3. The lowest BCUT2D eigenvalue weighted by molar-refractivity contribution is -0.00503. The van der Waals surface area contributed by atoms with Crippen LogP contribution in [0.1, 0.15) is 45.4 Å². The molecule has 4 unspecified atom stereocenters. The van der Waals surface area contributed by atoms with Gasteiger partial charge < -0.3 is 15.3 Å². The first-order chi connectivity index (χ1) is 8.57. The molecule has 3 fully saturated rings. The van der Waals surface area contributed by atoms with Crippen LogP contribution in [0.3, 0.4) is 0 Å². The lowest BCUT2D eigenvalue weighted by Gasteiger charge is -2.40. The van der Waals surface area contributed by atoms with Crippen LogP contribution in [0.4, 0.5) is 0 Å². The van der Waals surface area contributed by atoms with E-state index in [0.717, 1.165) is 25.7 Å². The molecule has 3 rings (SSSR count). The molecule has 0 radical (unpaired) electrons. The zero-order valence-corrected chi connectivity index (χ0v) is 11.3. The molecule has 1 spiro atoms. The molecule has 3 N–H and O–H groups in total. The lowest BCUT2D eigenvalue weighted by atomic mass is 9.65. The van der Waals surface area contributed by atoms with Crippen LogP contribution in [0.15, 0.2) is 0 Å². The van der Waals surface area contributed by atoms with E-state index in [1.807, 2.05) is 0 Å². The SMILES string of the molecule is CC12CCC(C[C@H]1O)C21CCC(C(CO)CO)C1. The van der Waals surface area contributed by atoms with Gasteiger partial charge in [0, 0.05) is 19.1 Å². The number of aliphatic hydroxyl groups is 3. The van der Waals surface area contributed by atoms with Crippen LogP contribution in [0.2, 0.25) is 0 Å². The van der Waals surface area contributed by atoms with Gasteiger partial charge in [0.25, 0.3) is 0 Å². The molecule has 0 aliphatic heterocycles. The van der Waals surface area contributed by atoms with E-state index in [-0.39, 0.29) is 30.7 Å². The molecule has 18 heavy (non-hydrogen) atoms. The summed E-state index contributed by atoms with van der Waals surface area (Å²) < 4.78 is 0. The Morgan fingerprint density at radius 3 is 2.39 bits per heavy atom. The molecule has 5 atom stereocenters. The second-order valence-electron chi connectivity index (χ2n) is 7.19. The third-order valence-electron chi connectivity index (χ3n) is 6.90. The van der Waals surface area contributed by atoms with Crippen molar-refractivity contribution < 1.29 is 15.3 Å². The second kappa shape index (κ2) is 4.19. The van der Waals surface area contributed by atoms with Gasteiger partial charge in [0.1, 0.15) is 0 Å². The Hall–Kier alpha value is -0.120. The topological polar surface area (TPSA) is 60.7 Å². The quantitative estimate of drug-likeness (QED) is 0.716. The highest BCUT2D eigenvalue weighted by Crippen LogP contribution is 2.72. The van der Waals surface area contributed by atoms with Gasteiger partial charge in [-0.2, -0.15) is 0 Å². The molecule has 3 heteroatoms. The fraction of sp³-hybridized carbons (Fsp3) is 1.00. The minimum Gasteiger partial charge on any atom is -0.396 e. The normalized spacial score (nSPS) is 50.8. The van der Waals surface area contributed by atoms with E-state index >= 15 is 0 Å². The van der Waals surface area contributed by atoms with Crippen molar-refractivity contribution in [1.29, 1.82) is 0 Å². The summed E-state index contributed by atoms with van der Waals surface area (Å²) in [6.07, 6.45) is 6.69. The average molecular weight is 254 g/mol. The van der Waals surface area contributed by atoms with Crippen molar-refractivity contribution in [1.82, 2.24) is 0 Å². The van der Waals surface area contributed by atoms with Crippen molar-refractivity contribution in [2.75, 3.05) is 13.2 Å². The molecular weight excluding hydrogens is 228 g/mol. The maximum atomic E-state index is 10.3. The van der Waals surface area contributed by atoms with Crippen LogP contribution < -0.4 is 0 Å². The number of rotatable bonds is 3. The molecule has 3 nitrogen and oxygen atoms in total. The van der Waals surface area contributed by atoms with E-state index < -0.39 is 0 Å². The first-order valence-electron chi connectivity index (χ1n) is 7.47. The highest BCUT2D eigenvalue weighted by Gasteiger charge is 2.67. The van der Waals surface area contributed by atoms with Crippen molar-refractivity contribution in [2.24, 2.45) is 28.6 Å².